The largest absolute Gasteiger partial charge is 0.495 e. The lowest BCUT2D eigenvalue weighted by Gasteiger charge is -2.16. The highest BCUT2D eigenvalue weighted by atomic mass is 35.5. The molecule has 0 bridgehead atoms. The molecule has 0 aromatic heterocycles. The summed E-state index contributed by atoms with van der Waals surface area (Å²) in [5, 5.41) is 1.35. The zero-order valence-corrected chi connectivity index (χ0v) is 12.8. The number of nitrogens with two attached hydrogens (primary N) is 1. The Morgan fingerprint density at radius 3 is 2.55 bits per heavy atom. The lowest BCUT2D eigenvalue weighted by Crippen LogP contribution is -2.15. The second-order valence-corrected chi connectivity index (χ2v) is 5.50. The topological polar surface area (TPSA) is 35.2 Å². The van der Waals surface area contributed by atoms with E-state index in [1.165, 1.54) is 0 Å². The molecule has 0 fully saturated rings. The Hall–Kier alpha value is -1.22. The zero-order valence-electron chi connectivity index (χ0n) is 11.3. The maximum absolute atomic E-state index is 6.15. The molecule has 0 aliphatic rings. The number of benzene rings is 2. The number of methoxy groups -OCH3 is 1. The van der Waals surface area contributed by atoms with Crippen molar-refractivity contribution in [2.45, 2.75) is 12.3 Å². The predicted molar refractivity (Wildman–Crippen MR) is 85.0 cm³/mol. The third-order valence-electron chi connectivity index (χ3n) is 3.30. The normalized spacial score (nSPS) is 12.2. The van der Waals surface area contributed by atoms with Crippen LogP contribution < -0.4 is 10.5 Å². The minimum absolute atomic E-state index is 0.221. The number of ether oxygens (including phenoxy) is 1. The van der Waals surface area contributed by atoms with Crippen LogP contribution in [0.25, 0.3) is 0 Å². The van der Waals surface area contributed by atoms with Gasteiger partial charge in [0.15, 0.2) is 0 Å². The molecule has 0 aliphatic carbocycles. The maximum Gasteiger partial charge on any atom is 0.137 e. The summed E-state index contributed by atoms with van der Waals surface area (Å²) in [6, 6.07) is 13.6. The van der Waals surface area contributed by atoms with E-state index in [2.05, 4.69) is 6.07 Å². The lowest BCUT2D eigenvalue weighted by molar-refractivity contribution is 0.415. The molecule has 0 amide bonds. The third-order valence-corrected chi connectivity index (χ3v) is 3.83. The van der Waals surface area contributed by atoms with Crippen molar-refractivity contribution in [2.24, 2.45) is 5.73 Å². The summed E-state index contributed by atoms with van der Waals surface area (Å²) in [4.78, 5) is 0. The highest BCUT2D eigenvalue weighted by Gasteiger charge is 2.12. The van der Waals surface area contributed by atoms with Gasteiger partial charge in [-0.2, -0.15) is 0 Å². The quantitative estimate of drug-likeness (QED) is 0.894. The standard InChI is InChI=1S/C16H17Cl2NO/c1-20-16-6-5-11(8-15(16)18)7-13(10-19)12-3-2-4-14(17)9-12/h2-6,8-9,13H,7,10,19H2,1H3. The second-order valence-electron chi connectivity index (χ2n) is 4.66. The van der Waals surface area contributed by atoms with Gasteiger partial charge in [-0.3, -0.25) is 0 Å². The molecule has 0 spiro atoms. The monoisotopic (exact) mass is 309 g/mol. The van der Waals surface area contributed by atoms with E-state index in [1.807, 2.05) is 36.4 Å². The highest BCUT2D eigenvalue weighted by Crippen LogP contribution is 2.28. The van der Waals surface area contributed by atoms with E-state index < -0.39 is 0 Å². The van der Waals surface area contributed by atoms with Crippen LogP contribution in [-0.2, 0) is 6.42 Å². The van der Waals surface area contributed by atoms with Crippen molar-refractivity contribution in [3.63, 3.8) is 0 Å². The summed E-state index contributed by atoms with van der Waals surface area (Å²) in [7, 11) is 1.61. The van der Waals surface area contributed by atoms with Gasteiger partial charge in [0.05, 0.1) is 12.1 Å². The van der Waals surface area contributed by atoms with E-state index in [9.17, 15) is 0 Å². The smallest absolute Gasteiger partial charge is 0.137 e. The molecule has 20 heavy (non-hydrogen) atoms. The van der Waals surface area contributed by atoms with Crippen LogP contribution in [0.4, 0.5) is 0 Å². The first-order valence-electron chi connectivity index (χ1n) is 6.42. The summed E-state index contributed by atoms with van der Waals surface area (Å²) in [6.45, 7) is 0.560. The van der Waals surface area contributed by atoms with Crippen LogP contribution in [0.2, 0.25) is 10.0 Å². The molecule has 106 valence electrons. The van der Waals surface area contributed by atoms with E-state index in [0.29, 0.717) is 17.3 Å². The molecule has 0 heterocycles. The zero-order chi connectivity index (χ0) is 14.5. The van der Waals surface area contributed by atoms with E-state index in [4.69, 9.17) is 33.7 Å². The Morgan fingerprint density at radius 1 is 1.15 bits per heavy atom. The molecule has 4 heteroatoms. The van der Waals surface area contributed by atoms with Crippen molar-refractivity contribution < 1.29 is 4.74 Å². The van der Waals surface area contributed by atoms with Crippen LogP contribution in [0.3, 0.4) is 0 Å². The van der Waals surface area contributed by atoms with Gasteiger partial charge in [0, 0.05) is 10.9 Å². The fourth-order valence-corrected chi connectivity index (χ4v) is 2.70. The Kier molecular flexibility index (Phi) is 5.30. The molecule has 1 unspecified atom stereocenters. The molecule has 0 radical (unpaired) electrons. The molecule has 0 aliphatic heterocycles. The van der Waals surface area contributed by atoms with Crippen molar-refractivity contribution in [3.05, 3.63) is 63.6 Å². The summed E-state index contributed by atoms with van der Waals surface area (Å²) < 4.78 is 5.16. The molecule has 0 saturated heterocycles. The Bertz CT molecular complexity index is 586. The highest BCUT2D eigenvalue weighted by molar-refractivity contribution is 6.32. The van der Waals surface area contributed by atoms with E-state index in [-0.39, 0.29) is 5.92 Å². The van der Waals surface area contributed by atoms with Gasteiger partial charge in [-0.1, -0.05) is 41.4 Å². The first-order valence-corrected chi connectivity index (χ1v) is 7.17. The molecule has 2 rings (SSSR count). The molecule has 1 atom stereocenters. The van der Waals surface area contributed by atoms with E-state index >= 15 is 0 Å². The minimum atomic E-state index is 0.221. The molecular weight excluding hydrogens is 293 g/mol. The van der Waals surface area contributed by atoms with Gasteiger partial charge >= 0.3 is 0 Å². The van der Waals surface area contributed by atoms with Crippen molar-refractivity contribution >= 4 is 23.2 Å². The molecule has 2 nitrogen and oxygen atoms in total. The van der Waals surface area contributed by atoms with Gasteiger partial charge in [0.1, 0.15) is 5.75 Å². The van der Waals surface area contributed by atoms with Crippen LogP contribution in [0.1, 0.15) is 17.0 Å². The molecule has 2 aromatic carbocycles. The summed E-state index contributed by atoms with van der Waals surface area (Å²) in [5.41, 5.74) is 8.17. The number of rotatable bonds is 5. The second kappa shape index (κ2) is 6.98. The van der Waals surface area contributed by atoms with Crippen molar-refractivity contribution in [1.82, 2.24) is 0 Å². The first kappa shape index (κ1) is 15.2. The number of halogens is 2. The van der Waals surface area contributed by atoms with Gasteiger partial charge < -0.3 is 10.5 Å². The van der Waals surface area contributed by atoms with Crippen molar-refractivity contribution in [3.8, 4) is 5.75 Å². The Balaban J connectivity index is 2.20. The van der Waals surface area contributed by atoms with Gasteiger partial charge in [0.2, 0.25) is 0 Å². The predicted octanol–water partition coefficient (Wildman–Crippen LogP) is 4.29. The van der Waals surface area contributed by atoms with Crippen LogP contribution in [0, 0.1) is 0 Å². The number of hydrogen-bond acceptors (Lipinski definition) is 2. The fourth-order valence-electron chi connectivity index (χ4n) is 2.22. The van der Waals surface area contributed by atoms with Crippen LogP contribution in [0.15, 0.2) is 42.5 Å². The summed E-state index contributed by atoms with van der Waals surface area (Å²) >= 11 is 12.2. The Labute approximate surface area is 129 Å². The average molecular weight is 310 g/mol. The minimum Gasteiger partial charge on any atom is -0.495 e. The fraction of sp³-hybridized carbons (Fsp3) is 0.250. The van der Waals surface area contributed by atoms with Crippen LogP contribution >= 0.6 is 23.2 Å². The SMILES string of the molecule is COc1ccc(CC(CN)c2cccc(Cl)c2)cc1Cl. The third kappa shape index (κ3) is 3.66. The summed E-state index contributed by atoms with van der Waals surface area (Å²) in [6.07, 6.45) is 0.820. The van der Waals surface area contributed by atoms with Crippen molar-refractivity contribution in [1.29, 1.82) is 0 Å². The van der Waals surface area contributed by atoms with Crippen molar-refractivity contribution in [2.75, 3.05) is 13.7 Å². The molecule has 2 aromatic rings. The van der Waals surface area contributed by atoms with Gasteiger partial charge in [-0.25, -0.2) is 0 Å². The van der Waals surface area contributed by atoms with Crippen LogP contribution in [0.5, 0.6) is 5.75 Å². The molecule has 0 saturated carbocycles. The van der Waals surface area contributed by atoms with Crippen LogP contribution in [-0.4, -0.2) is 13.7 Å². The van der Waals surface area contributed by atoms with E-state index in [0.717, 1.165) is 22.6 Å². The van der Waals surface area contributed by atoms with Gasteiger partial charge in [-0.15, -0.1) is 0 Å². The van der Waals surface area contributed by atoms with Gasteiger partial charge in [0.25, 0.3) is 0 Å². The average Bonchev–Trinajstić information content (AvgIpc) is 2.45. The number of hydrogen-bond donors (Lipinski definition) is 1. The Morgan fingerprint density at radius 2 is 1.95 bits per heavy atom. The lowest BCUT2D eigenvalue weighted by atomic mass is 9.92. The van der Waals surface area contributed by atoms with E-state index in [1.54, 1.807) is 7.11 Å². The van der Waals surface area contributed by atoms with Gasteiger partial charge in [-0.05, 0) is 48.4 Å². The maximum atomic E-state index is 6.15. The molecular formula is C16H17Cl2NO. The summed E-state index contributed by atoms with van der Waals surface area (Å²) in [5.74, 6) is 0.903. The first-order chi connectivity index (χ1) is 9.63. The molecule has 2 N–H and O–H groups in total.